The second kappa shape index (κ2) is 14.3. The molecule has 3 amide bonds. The summed E-state index contributed by atoms with van der Waals surface area (Å²) in [7, 11) is 0. The fourth-order valence-electron chi connectivity index (χ4n) is 4.83. The highest BCUT2D eigenvalue weighted by Gasteiger charge is 2.32. The van der Waals surface area contributed by atoms with Crippen molar-refractivity contribution in [3.8, 4) is 0 Å². The summed E-state index contributed by atoms with van der Waals surface area (Å²) in [5, 5.41) is 18.7. The number of H-pyrrole nitrogens is 2. The molecule has 4 aromatic rings. The molecular formula is C31H37N7O5. The highest BCUT2D eigenvalue weighted by Crippen LogP contribution is 2.19. The molecule has 0 saturated heterocycles. The molecule has 0 aliphatic carbocycles. The van der Waals surface area contributed by atoms with Gasteiger partial charge in [0.25, 0.3) is 0 Å². The van der Waals surface area contributed by atoms with Crippen LogP contribution in [-0.2, 0) is 38.4 Å². The molecule has 12 heteroatoms. The molecule has 4 unspecified atom stereocenters. The largest absolute Gasteiger partial charge is 0.480 e. The molecule has 0 spiro atoms. The van der Waals surface area contributed by atoms with E-state index in [2.05, 4.69) is 30.9 Å². The third-order valence-corrected chi connectivity index (χ3v) is 7.21. The first-order valence-electron chi connectivity index (χ1n) is 14.1. The Kier molecular flexibility index (Phi) is 10.3. The van der Waals surface area contributed by atoms with Gasteiger partial charge in [-0.05, 0) is 29.5 Å². The van der Waals surface area contributed by atoms with Crippen LogP contribution in [0.2, 0.25) is 0 Å². The minimum atomic E-state index is -1.26. The number of hydrogen-bond donors (Lipinski definition) is 7. The average molecular weight is 588 g/mol. The van der Waals surface area contributed by atoms with Crippen LogP contribution in [0.15, 0.2) is 73.3 Å². The number of imidazole rings is 1. The summed E-state index contributed by atoms with van der Waals surface area (Å²) in [5.74, 6) is -3.33. The van der Waals surface area contributed by atoms with Gasteiger partial charge in [0.15, 0.2) is 0 Å². The Morgan fingerprint density at radius 3 is 2.21 bits per heavy atom. The Hall–Kier alpha value is -4.97. The quantitative estimate of drug-likeness (QED) is 0.116. The molecule has 2 aromatic heterocycles. The molecule has 8 N–H and O–H groups in total. The standard InChI is InChI=1S/C31H37N7O5/c1-18(2)27(38-28(39)23(32)13-20-15-34-24-11-7-6-10-22(20)24)30(41)36-25(12-19-8-4-3-5-9-19)29(40)37-26(31(42)43)14-21-16-33-17-35-21/h3-11,15-18,23,25-27,34H,12-14,32H2,1-2H3,(H,33,35)(H,36,41)(H,37,40)(H,38,39)(H,42,43). The van der Waals surface area contributed by atoms with Gasteiger partial charge in [-0.25, -0.2) is 9.78 Å². The number of amides is 3. The summed E-state index contributed by atoms with van der Waals surface area (Å²) in [4.78, 5) is 61.9. The van der Waals surface area contributed by atoms with E-state index in [1.165, 1.54) is 12.5 Å². The highest BCUT2D eigenvalue weighted by atomic mass is 16.4. The number of carbonyl (C=O) groups excluding carboxylic acids is 3. The predicted octanol–water partition coefficient (Wildman–Crippen LogP) is 1.44. The van der Waals surface area contributed by atoms with Crippen molar-refractivity contribution in [1.82, 2.24) is 30.9 Å². The van der Waals surface area contributed by atoms with E-state index in [0.717, 1.165) is 22.0 Å². The van der Waals surface area contributed by atoms with Crippen molar-refractivity contribution in [2.75, 3.05) is 0 Å². The lowest BCUT2D eigenvalue weighted by Gasteiger charge is -2.27. The third-order valence-electron chi connectivity index (χ3n) is 7.21. The zero-order valence-electron chi connectivity index (χ0n) is 24.0. The molecule has 0 aliphatic heterocycles. The van der Waals surface area contributed by atoms with Crippen LogP contribution in [0.3, 0.4) is 0 Å². The van der Waals surface area contributed by atoms with Crippen molar-refractivity contribution < 1.29 is 24.3 Å². The van der Waals surface area contributed by atoms with Crippen molar-refractivity contribution in [3.63, 3.8) is 0 Å². The Morgan fingerprint density at radius 1 is 0.837 bits per heavy atom. The topological polar surface area (TPSA) is 195 Å². The summed E-state index contributed by atoms with van der Waals surface area (Å²) >= 11 is 0. The first-order valence-corrected chi connectivity index (χ1v) is 14.1. The molecule has 4 rings (SSSR count). The number of benzene rings is 2. The zero-order valence-corrected chi connectivity index (χ0v) is 24.0. The maximum absolute atomic E-state index is 13.5. The fourth-order valence-corrected chi connectivity index (χ4v) is 4.83. The SMILES string of the molecule is CC(C)C(NC(=O)C(N)Cc1c[nH]c2ccccc12)C(=O)NC(Cc1ccccc1)C(=O)NC(Cc1cnc[nH]1)C(=O)O. The number of rotatable bonds is 14. The van der Waals surface area contributed by atoms with Gasteiger partial charge in [-0.2, -0.15) is 0 Å². The maximum atomic E-state index is 13.5. The molecule has 0 aliphatic rings. The zero-order chi connectivity index (χ0) is 30.9. The molecule has 2 aromatic carbocycles. The van der Waals surface area contributed by atoms with E-state index in [1.54, 1.807) is 38.1 Å². The van der Waals surface area contributed by atoms with E-state index in [9.17, 15) is 24.3 Å². The second-order valence-corrected chi connectivity index (χ2v) is 10.8. The van der Waals surface area contributed by atoms with Crippen molar-refractivity contribution in [1.29, 1.82) is 0 Å². The molecule has 226 valence electrons. The minimum Gasteiger partial charge on any atom is -0.480 e. The van der Waals surface area contributed by atoms with Gasteiger partial charge in [-0.3, -0.25) is 14.4 Å². The predicted molar refractivity (Wildman–Crippen MR) is 161 cm³/mol. The molecule has 0 radical (unpaired) electrons. The molecule has 4 atom stereocenters. The Morgan fingerprint density at radius 2 is 1.53 bits per heavy atom. The van der Waals surface area contributed by atoms with Crippen molar-refractivity contribution in [3.05, 3.63) is 90.1 Å². The van der Waals surface area contributed by atoms with Crippen LogP contribution in [0.4, 0.5) is 0 Å². The Bertz CT molecular complexity index is 1530. The van der Waals surface area contributed by atoms with Gasteiger partial charge < -0.3 is 36.8 Å². The van der Waals surface area contributed by atoms with E-state index in [4.69, 9.17) is 5.73 Å². The number of carboxylic acids is 1. The van der Waals surface area contributed by atoms with Crippen LogP contribution in [0.25, 0.3) is 10.9 Å². The van der Waals surface area contributed by atoms with Crippen molar-refractivity contribution in [2.24, 2.45) is 11.7 Å². The molecular weight excluding hydrogens is 550 g/mol. The van der Waals surface area contributed by atoms with Gasteiger partial charge in [-0.1, -0.05) is 62.4 Å². The summed E-state index contributed by atoms with van der Waals surface area (Å²) in [5.41, 5.74) is 9.36. The number of aliphatic carboxylic acids is 1. The van der Waals surface area contributed by atoms with E-state index in [0.29, 0.717) is 5.69 Å². The number of carbonyl (C=O) groups is 4. The number of aromatic nitrogens is 3. The second-order valence-electron chi connectivity index (χ2n) is 10.8. The summed E-state index contributed by atoms with van der Waals surface area (Å²) in [6, 6.07) is 12.4. The van der Waals surface area contributed by atoms with Gasteiger partial charge in [0.05, 0.1) is 12.4 Å². The lowest BCUT2D eigenvalue weighted by atomic mass is 9.99. The van der Waals surface area contributed by atoms with Crippen LogP contribution in [0.1, 0.15) is 30.7 Å². The van der Waals surface area contributed by atoms with Crippen LogP contribution in [-0.4, -0.2) is 67.9 Å². The Balaban J connectivity index is 1.46. The number of nitrogens with two attached hydrogens (primary N) is 1. The van der Waals surface area contributed by atoms with Gasteiger partial charge in [-0.15, -0.1) is 0 Å². The number of nitrogens with one attached hydrogen (secondary N) is 5. The van der Waals surface area contributed by atoms with Crippen LogP contribution in [0, 0.1) is 5.92 Å². The van der Waals surface area contributed by atoms with Crippen LogP contribution >= 0.6 is 0 Å². The molecule has 43 heavy (non-hydrogen) atoms. The van der Waals surface area contributed by atoms with Gasteiger partial charge in [0.1, 0.15) is 18.1 Å². The summed E-state index contributed by atoms with van der Waals surface area (Å²) in [6.07, 6.45) is 5.05. The normalized spacial score (nSPS) is 14.0. The number of carboxylic acid groups (broad SMARTS) is 1. The molecule has 0 fully saturated rings. The number of fused-ring (bicyclic) bond motifs is 1. The lowest BCUT2D eigenvalue weighted by molar-refractivity contribution is -0.142. The van der Waals surface area contributed by atoms with Gasteiger partial charge in [0.2, 0.25) is 17.7 Å². The number of hydrogen-bond acceptors (Lipinski definition) is 6. The third kappa shape index (κ3) is 8.29. The van der Waals surface area contributed by atoms with Gasteiger partial charge in [0, 0.05) is 41.8 Å². The fraction of sp³-hybridized carbons (Fsp3) is 0.323. The average Bonchev–Trinajstić information content (AvgIpc) is 3.65. The van der Waals surface area contributed by atoms with E-state index in [1.807, 2.05) is 36.5 Å². The monoisotopic (exact) mass is 587 g/mol. The van der Waals surface area contributed by atoms with Crippen molar-refractivity contribution in [2.45, 2.75) is 57.3 Å². The summed E-state index contributed by atoms with van der Waals surface area (Å²) < 4.78 is 0. The smallest absolute Gasteiger partial charge is 0.326 e. The molecule has 2 heterocycles. The Labute approximate surface area is 248 Å². The van der Waals surface area contributed by atoms with Crippen LogP contribution in [0.5, 0.6) is 0 Å². The number of nitrogens with zero attached hydrogens (tertiary/aromatic N) is 1. The van der Waals surface area contributed by atoms with E-state index < -0.39 is 47.9 Å². The van der Waals surface area contributed by atoms with E-state index >= 15 is 0 Å². The molecule has 0 bridgehead atoms. The minimum absolute atomic E-state index is 0.0218. The summed E-state index contributed by atoms with van der Waals surface area (Å²) in [6.45, 7) is 3.54. The molecule has 12 nitrogen and oxygen atoms in total. The first kappa shape index (κ1) is 31.0. The van der Waals surface area contributed by atoms with E-state index in [-0.39, 0.29) is 25.2 Å². The van der Waals surface area contributed by atoms with Gasteiger partial charge >= 0.3 is 5.97 Å². The van der Waals surface area contributed by atoms with Crippen LogP contribution < -0.4 is 21.7 Å². The molecule has 0 saturated carbocycles. The number of para-hydroxylation sites is 1. The van der Waals surface area contributed by atoms with Crippen molar-refractivity contribution >= 4 is 34.6 Å². The number of aromatic amines is 2. The highest BCUT2D eigenvalue weighted by molar-refractivity contribution is 5.94. The first-order chi connectivity index (χ1) is 20.6. The maximum Gasteiger partial charge on any atom is 0.326 e. The lowest BCUT2D eigenvalue weighted by Crippen LogP contribution is -2.59.